The van der Waals surface area contributed by atoms with Crippen molar-refractivity contribution in [2.45, 2.75) is 26.1 Å². The molecule has 6 heteroatoms. The zero-order chi connectivity index (χ0) is 14.4. The summed E-state index contributed by atoms with van der Waals surface area (Å²) in [6.45, 7) is 5.00. The summed E-state index contributed by atoms with van der Waals surface area (Å²) in [6.07, 6.45) is 0.00487. The van der Waals surface area contributed by atoms with E-state index in [1.807, 2.05) is 18.7 Å². The van der Waals surface area contributed by atoms with E-state index in [1.54, 1.807) is 0 Å². The summed E-state index contributed by atoms with van der Waals surface area (Å²) in [5.74, 6) is -1.88. The second-order valence-electron chi connectivity index (χ2n) is 5.29. The van der Waals surface area contributed by atoms with E-state index in [4.69, 9.17) is 4.74 Å². The van der Waals surface area contributed by atoms with Crippen molar-refractivity contribution in [3.63, 3.8) is 0 Å². The quantitative estimate of drug-likeness (QED) is 0.792. The second-order valence-corrected chi connectivity index (χ2v) is 5.29. The van der Waals surface area contributed by atoms with Crippen molar-refractivity contribution in [3.8, 4) is 0 Å². The molecule has 2 aliphatic heterocycles. The molecule has 0 aromatic heterocycles. The maximum atomic E-state index is 14.2. The summed E-state index contributed by atoms with van der Waals surface area (Å²) in [6, 6.07) is 2.66. The van der Waals surface area contributed by atoms with Crippen molar-refractivity contribution in [3.05, 3.63) is 23.5 Å². The zero-order valence-corrected chi connectivity index (χ0v) is 11.3. The van der Waals surface area contributed by atoms with Gasteiger partial charge in [0.1, 0.15) is 5.82 Å². The van der Waals surface area contributed by atoms with Crippen molar-refractivity contribution in [2.75, 3.05) is 23.3 Å². The summed E-state index contributed by atoms with van der Waals surface area (Å²) in [7, 11) is 0. The molecule has 0 unspecified atom stereocenters. The van der Waals surface area contributed by atoms with Gasteiger partial charge in [-0.1, -0.05) is 0 Å². The summed E-state index contributed by atoms with van der Waals surface area (Å²) in [5, 5.41) is 2.46. The lowest BCUT2D eigenvalue weighted by Gasteiger charge is -2.37. The van der Waals surface area contributed by atoms with Gasteiger partial charge in [-0.2, -0.15) is 0 Å². The number of ether oxygens (including phenoxy) is 1. The van der Waals surface area contributed by atoms with Crippen LogP contribution in [0.25, 0.3) is 0 Å². The number of hydrogen-bond donors (Lipinski definition) is 1. The van der Waals surface area contributed by atoms with Gasteiger partial charge in [-0.3, -0.25) is 9.59 Å². The van der Waals surface area contributed by atoms with Crippen LogP contribution in [0.15, 0.2) is 12.1 Å². The van der Waals surface area contributed by atoms with Crippen LogP contribution in [0.5, 0.6) is 0 Å². The number of hydrogen-bond acceptors (Lipinski definition) is 4. The molecule has 0 saturated carbocycles. The van der Waals surface area contributed by atoms with Crippen LogP contribution < -0.4 is 10.2 Å². The standard InChI is InChI=1S/C14H15FN2O3/c1-7-5-17(6-8(2)20-7)12-4-11-9(3-10(12)15)13(18)14(19)16-11/h3-4,7-8H,5-6H2,1-2H3,(H,16,18,19)/t7-,8+. The predicted molar refractivity (Wildman–Crippen MR) is 71.6 cm³/mol. The van der Waals surface area contributed by atoms with E-state index >= 15 is 0 Å². The van der Waals surface area contributed by atoms with E-state index in [2.05, 4.69) is 5.32 Å². The highest BCUT2D eigenvalue weighted by Crippen LogP contribution is 2.32. The van der Waals surface area contributed by atoms with Gasteiger partial charge in [-0.25, -0.2) is 4.39 Å². The minimum atomic E-state index is -0.708. The molecule has 0 aliphatic carbocycles. The lowest BCUT2D eigenvalue weighted by Crippen LogP contribution is -2.45. The topological polar surface area (TPSA) is 58.6 Å². The van der Waals surface area contributed by atoms with Crippen LogP contribution in [0, 0.1) is 5.82 Å². The molecule has 5 nitrogen and oxygen atoms in total. The molecule has 1 N–H and O–H groups in total. The van der Waals surface area contributed by atoms with Crippen LogP contribution in [-0.2, 0) is 9.53 Å². The minimum Gasteiger partial charge on any atom is -0.372 e. The van der Waals surface area contributed by atoms with Gasteiger partial charge in [0, 0.05) is 13.1 Å². The molecule has 106 valence electrons. The molecule has 2 aliphatic rings. The Balaban J connectivity index is 1.97. The van der Waals surface area contributed by atoms with Crippen LogP contribution in [0.4, 0.5) is 15.8 Å². The highest BCUT2D eigenvalue weighted by atomic mass is 19.1. The first-order valence-corrected chi connectivity index (χ1v) is 6.55. The first-order chi connectivity index (χ1) is 9.45. The number of nitrogens with zero attached hydrogens (tertiary/aromatic N) is 1. The van der Waals surface area contributed by atoms with Gasteiger partial charge in [0.2, 0.25) is 0 Å². The highest BCUT2D eigenvalue weighted by Gasteiger charge is 2.31. The molecule has 2 atom stereocenters. The molecule has 3 rings (SSSR count). The fourth-order valence-electron chi connectivity index (χ4n) is 2.77. The SMILES string of the molecule is C[C@@H]1CN(c2cc3c(cc2F)C(=O)C(=O)N3)C[C@H](C)O1. The van der Waals surface area contributed by atoms with Gasteiger partial charge in [0.25, 0.3) is 11.7 Å². The molecule has 2 heterocycles. The Morgan fingerprint density at radius 1 is 1.25 bits per heavy atom. The minimum absolute atomic E-state index is 0.00243. The van der Waals surface area contributed by atoms with Crippen LogP contribution in [-0.4, -0.2) is 37.0 Å². The summed E-state index contributed by atoms with van der Waals surface area (Å²) < 4.78 is 19.8. The van der Waals surface area contributed by atoms with Crippen LogP contribution >= 0.6 is 0 Å². The first-order valence-electron chi connectivity index (χ1n) is 6.55. The molecule has 1 amide bonds. The Morgan fingerprint density at radius 3 is 2.55 bits per heavy atom. The number of anilines is 2. The number of carbonyl (C=O) groups is 2. The van der Waals surface area contributed by atoms with Crippen molar-refractivity contribution in [1.29, 1.82) is 0 Å². The second kappa shape index (κ2) is 4.56. The molecule has 1 aromatic rings. The van der Waals surface area contributed by atoms with Gasteiger partial charge in [0.05, 0.1) is 29.1 Å². The van der Waals surface area contributed by atoms with E-state index in [1.165, 1.54) is 6.07 Å². The molecular weight excluding hydrogens is 263 g/mol. The largest absolute Gasteiger partial charge is 0.372 e. The molecule has 0 spiro atoms. The smallest absolute Gasteiger partial charge is 0.296 e. The van der Waals surface area contributed by atoms with Gasteiger partial charge in [-0.05, 0) is 26.0 Å². The number of morpholine rings is 1. The number of rotatable bonds is 1. The third kappa shape index (κ3) is 2.06. The lowest BCUT2D eigenvalue weighted by atomic mass is 10.1. The molecule has 0 bridgehead atoms. The van der Waals surface area contributed by atoms with Gasteiger partial charge < -0.3 is 15.0 Å². The number of nitrogens with one attached hydrogen (secondary N) is 1. The number of amides is 1. The number of Topliss-reactive ketones (excluding diaryl/α,β-unsaturated/α-hetero) is 1. The maximum absolute atomic E-state index is 14.2. The van der Waals surface area contributed by atoms with Crippen molar-refractivity contribution in [2.24, 2.45) is 0 Å². The fourth-order valence-corrected chi connectivity index (χ4v) is 2.77. The number of fused-ring (bicyclic) bond motifs is 1. The molecule has 0 radical (unpaired) electrons. The molecule has 1 saturated heterocycles. The predicted octanol–water partition coefficient (Wildman–Crippen LogP) is 1.57. The average Bonchev–Trinajstić information content (AvgIpc) is 2.63. The maximum Gasteiger partial charge on any atom is 0.296 e. The highest BCUT2D eigenvalue weighted by molar-refractivity contribution is 6.51. The molecule has 20 heavy (non-hydrogen) atoms. The Kier molecular flexibility index (Phi) is 2.97. The van der Waals surface area contributed by atoms with Crippen LogP contribution in [0.3, 0.4) is 0 Å². The first kappa shape index (κ1) is 13.1. The number of ketones is 1. The molecule has 1 fully saturated rings. The third-order valence-corrected chi connectivity index (χ3v) is 3.55. The van der Waals surface area contributed by atoms with E-state index in [0.717, 1.165) is 6.07 Å². The molecule has 1 aromatic carbocycles. The number of carbonyl (C=O) groups excluding carboxylic acids is 2. The molecular formula is C14H15FN2O3. The average molecular weight is 278 g/mol. The number of benzene rings is 1. The summed E-state index contributed by atoms with van der Waals surface area (Å²) in [4.78, 5) is 24.7. The normalized spacial score (nSPS) is 25.6. The van der Waals surface area contributed by atoms with E-state index in [9.17, 15) is 14.0 Å². The lowest BCUT2D eigenvalue weighted by molar-refractivity contribution is -0.112. The third-order valence-electron chi connectivity index (χ3n) is 3.55. The van der Waals surface area contributed by atoms with Crippen molar-refractivity contribution >= 4 is 23.1 Å². The Labute approximate surface area is 115 Å². The van der Waals surface area contributed by atoms with E-state index < -0.39 is 17.5 Å². The number of halogens is 1. The summed E-state index contributed by atoms with van der Waals surface area (Å²) in [5.41, 5.74) is 0.870. The van der Waals surface area contributed by atoms with Gasteiger partial charge >= 0.3 is 0 Å². The van der Waals surface area contributed by atoms with Gasteiger partial charge in [-0.15, -0.1) is 0 Å². The van der Waals surface area contributed by atoms with Crippen LogP contribution in [0.2, 0.25) is 0 Å². The fraction of sp³-hybridized carbons (Fsp3) is 0.429. The van der Waals surface area contributed by atoms with Crippen molar-refractivity contribution < 1.29 is 18.7 Å². The zero-order valence-electron chi connectivity index (χ0n) is 11.3. The Bertz CT molecular complexity index is 592. The summed E-state index contributed by atoms with van der Waals surface area (Å²) >= 11 is 0. The van der Waals surface area contributed by atoms with E-state index in [0.29, 0.717) is 24.5 Å². The Hall–Kier alpha value is -1.95. The van der Waals surface area contributed by atoms with Crippen LogP contribution in [0.1, 0.15) is 24.2 Å². The Morgan fingerprint density at radius 2 is 1.90 bits per heavy atom. The van der Waals surface area contributed by atoms with Crippen molar-refractivity contribution in [1.82, 2.24) is 0 Å². The van der Waals surface area contributed by atoms with E-state index in [-0.39, 0.29) is 17.8 Å². The van der Waals surface area contributed by atoms with Gasteiger partial charge in [0.15, 0.2) is 0 Å². The monoisotopic (exact) mass is 278 g/mol.